The molecule has 104 valence electrons. The maximum atomic E-state index is 11.2. The summed E-state index contributed by atoms with van der Waals surface area (Å²) < 4.78 is 1.07. The number of carboxylic acids is 1. The maximum absolute atomic E-state index is 11.2. The van der Waals surface area contributed by atoms with Crippen molar-refractivity contribution in [1.29, 1.82) is 0 Å². The van der Waals surface area contributed by atoms with Crippen LogP contribution in [0, 0.1) is 5.92 Å². The van der Waals surface area contributed by atoms with Gasteiger partial charge in [0.1, 0.15) is 0 Å². The van der Waals surface area contributed by atoms with E-state index in [9.17, 15) is 9.90 Å². The van der Waals surface area contributed by atoms with Crippen molar-refractivity contribution in [2.75, 3.05) is 6.54 Å². The fourth-order valence-electron chi connectivity index (χ4n) is 3.08. The monoisotopic (exact) mass is 325 g/mol. The molecule has 0 saturated carbocycles. The summed E-state index contributed by atoms with van der Waals surface area (Å²) in [5.41, 5.74) is 1.27. The zero-order valence-electron chi connectivity index (χ0n) is 11.3. The second kappa shape index (κ2) is 6.06. The Morgan fingerprint density at radius 1 is 1.47 bits per heavy atom. The summed E-state index contributed by atoms with van der Waals surface area (Å²) in [5, 5.41) is 9.23. The fourth-order valence-corrected chi connectivity index (χ4v) is 3.34. The number of nitrogens with zero attached hydrogens (tertiary/aromatic N) is 1. The van der Waals surface area contributed by atoms with Crippen molar-refractivity contribution in [3.63, 3.8) is 0 Å². The minimum atomic E-state index is -0.666. The topological polar surface area (TPSA) is 40.5 Å². The Kier molecular flexibility index (Phi) is 4.63. The third kappa shape index (κ3) is 3.00. The number of likely N-dealkylation sites (tertiary alicyclic amines) is 1. The summed E-state index contributed by atoms with van der Waals surface area (Å²) in [5.74, 6) is -0.898. The molecule has 1 aliphatic heterocycles. The van der Waals surface area contributed by atoms with E-state index in [0.717, 1.165) is 23.9 Å². The first-order valence-corrected chi connectivity index (χ1v) is 7.58. The molecule has 3 nitrogen and oxygen atoms in total. The van der Waals surface area contributed by atoms with Crippen molar-refractivity contribution >= 4 is 21.9 Å². The van der Waals surface area contributed by atoms with Gasteiger partial charge >= 0.3 is 5.97 Å². The average molecular weight is 326 g/mol. The van der Waals surface area contributed by atoms with Crippen molar-refractivity contribution < 1.29 is 9.90 Å². The summed E-state index contributed by atoms with van der Waals surface area (Å²) in [6.45, 7) is 5.06. The Morgan fingerprint density at radius 2 is 2.11 bits per heavy atom. The lowest BCUT2D eigenvalue weighted by molar-refractivity contribution is -0.142. The van der Waals surface area contributed by atoms with Crippen molar-refractivity contribution in [1.82, 2.24) is 4.90 Å². The third-order valence-corrected chi connectivity index (χ3v) is 4.69. The average Bonchev–Trinajstić information content (AvgIpc) is 2.75. The molecule has 0 aliphatic carbocycles. The summed E-state index contributed by atoms with van der Waals surface area (Å²) in [6.07, 6.45) is 1.75. The van der Waals surface area contributed by atoms with Gasteiger partial charge in [-0.2, -0.15) is 0 Å². The molecule has 1 heterocycles. The number of carboxylic acid groups (broad SMARTS) is 1. The Hall–Kier alpha value is -0.870. The summed E-state index contributed by atoms with van der Waals surface area (Å²) in [7, 11) is 0. The van der Waals surface area contributed by atoms with E-state index in [2.05, 4.69) is 39.9 Å². The number of rotatable bonds is 4. The molecule has 3 atom stereocenters. The Morgan fingerprint density at radius 3 is 2.58 bits per heavy atom. The second-order valence-electron chi connectivity index (χ2n) is 5.19. The van der Waals surface area contributed by atoms with Gasteiger partial charge in [-0.1, -0.05) is 35.0 Å². The minimum absolute atomic E-state index is 0.103. The van der Waals surface area contributed by atoms with Gasteiger partial charge in [0, 0.05) is 16.6 Å². The van der Waals surface area contributed by atoms with Gasteiger partial charge in [-0.25, -0.2) is 0 Å². The molecule has 0 aromatic heterocycles. The molecule has 1 saturated heterocycles. The summed E-state index contributed by atoms with van der Waals surface area (Å²) >= 11 is 3.45. The molecule has 0 bridgehead atoms. The number of benzene rings is 1. The highest BCUT2D eigenvalue weighted by molar-refractivity contribution is 9.10. The van der Waals surface area contributed by atoms with Crippen LogP contribution in [0.15, 0.2) is 28.7 Å². The second-order valence-corrected chi connectivity index (χ2v) is 6.10. The first-order chi connectivity index (χ1) is 9.04. The van der Waals surface area contributed by atoms with Crippen molar-refractivity contribution in [2.45, 2.75) is 38.8 Å². The third-order valence-electron chi connectivity index (χ3n) is 4.16. The van der Waals surface area contributed by atoms with Crippen LogP contribution in [0.25, 0.3) is 0 Å². The molecule has 0 spiro atoms. The molecular weight excluding hydrogens is 306 g/mol. The number of hydrogen-bond acceptors (Lipinski definition) is 2. The highest BCUT2D eigenvalue weighted by Gasteiger charge is 2.38. The van der Waals surface area contributed by atoms with Crippen LogP contribution in [0.2, 0.25) is 0 Å². The lowest BCUT2D eigenvalue weighted by Gasteiger charge is -2.32. The van der Waals surface area contributed by atoms with Crippen molar-refractivity contribution in [3.8, 4) is 0 Å². The van der Waals surface area contributed by atoms with E-state index >= 15 is 0 Å². The zero-order chi connectivity index (χ0) is 14.0. The molecule has 1 aromatic rings. The molecule has 2 rings (SSSR count). The summed E-state index contributed by atoms with van der Waals surface area (Å²) in [4.78, 5) is 13.6. The molecular formula is C15H20BrNO2. The SMILES string of the molecule is CCC(c1ccc(Br)cc1)N1CCC(C(=O)O)C1C. The smallest absolute Gasteiger partial charge is 0.308 e. The van der Waals surface area contributed by atoms with Crippen LogP contribution in [0.5, 0.6) is 0 Å². The standard InChI is InChI=1S/C15H20BrNO2/c1-3-14(11-4-6-12(16)7-5-11)17-9-8-13(10(17)2)15(18)19/h4-7,10,13-14H,3,8-9H2,1-2H3,(H,18,19). The van der Waals surface area contributed by atoms with Crippen molar-refractivity contribution in [2.24, 2.45) is 5.92 Å². The molecule has 1 N–H and O–H groups in total. The number of halogens is 1. The quantitative estimate of drug-likeness (QED) is 0.917. The van der Waals surface area contributed by atoms with Crippen LogP contribution in [0.1, 0.15) is 38.3 Å². The van der Waals surface area contributed by atoms with Gasteiger partial charge < -0.3 is 5.11 Å². The maximum Gasteiger partial charge on any atom is 0.308 e. The van der Waals surface area contributed by atoms with Gasteiger partial charge in [-0.05, 0) is 44.0 Å². The molecule has 3 unspecified atom stereocenters. The van der Waals surface area contributed by atoms with Gasteiger partial charge in [0.15, 0.2) is 0 Å². The Balaban J connectivity index is 2.19. The predicted molar refractivity (Wildman–Crippen MR) is 79.1 cm³/mol. The van der Waals surface area contributed by atoms with E-state index in [-0.39, 0.29) is 12.0 Å². The van der Waals surface area contributed by atoms with E-state index < -0.39 is 5.97 Å². The number of carbonyl (C=O) groups is 1. The van der Waals surface area contributed by atoms with Gasteiger partial charge in [-0.15, -0.1) is 0 Å². The first kappa shape index (κ1) is 14.5. The largest absolute Gasteiger partial charge is 0.481 e. The van der Waals surface area contributed by atoms with Gasteiger partial charge in [0.2, 0.25) is 0 Å². The van der Waals surface area contributed by atoms with E-state index in [4.69, 9.17) is 0 Å². The van der Waals surface area contributed by atoms with Gasteiger partial charge in [-0.3, -0.25) is 9.69 Å². The molecule has 19 heavy (non-hydrogen) atoms. The highest BCUT2D eigenvalue weighted by Crippen LogP contribution is 2.35. The number of aliphatic carboxylic acids is 1. The van der Waals surface area contributed by atoms with E-state index in [1.807, 2.05) is 19.1 Å². The van der Waals surface area contributed by atoms with E-state index in [1.54, 1.807) is 0 Å². The minimum Gasteiger partial charge on any atom is -0.481 e. The van der Waals surface area contributed by atoms with Crippen molar-refractivity contribution in [3.05, 3.63) is 34.3 Å². The highest BCUT2D eigenvalue weighted by atomic mass is 79.9. The van der Waals surface area contributed by atoms with Gasteiger partial charge in [0.05, 0.1) is 5.92 Å². The van der Waals surface area contributed by atoms with E-state index in [1.165, 1.54) is 5.56 Å². The first-order valence-electron chi connectivity index (χ1n) is 6.78. The molecule has 1 aromatic carbocycles. The summed E-state index contributed by atoms with van der Waals surface area (Å²) in [6, 6.07) is 8.76. The zero-order valence-corrected chi connectivity index (χ0v) is 12.9. The lowest BCUT2D eigenvalue weighted by Crippen LogP contribution is -2.35. The molecule has 4 heteroatoms. The predicted octanol–water partition coefficient (Wildman–Crippen LogP) is 3.70. The van der Waals surface area contributed by atoms with Gasteiger partial charge in [0.25, 0.3) is 0 Å². The number of hydrogen-bond donors (Lipinski definition) is 1. The van der Waals surface area contributed by atoms with Crippen LogP contribution >= 0.6 is 15.9 Å². The molecule has 1 aliphatic rings. The lowest BCUT2D eigenvalue weighted by atomic mass is 9.99. The normalized spacial score (nSPS) is 25.4. The molecule has 1 fully saturated rings. The Labute approximate surface area is 122 Å². The van der Waals surface area contributed by atoms with Crippen LogP contribution in [-0.2, 0) is 4.79 Å². The van der Waals surface area contributed by atoms with Crippen LogP contribution in [-0.4, -0.2) is 28.6 Å². The molecule has 0 amide bonds. The Bertz CT molecular complexity index is 446. The molecule has 0 radical (unpaired) electrons. The van der Waals surface area contributed by atoms with Crippen LogP contribution in [0.3, 0.4) is 0 Å². The van der Waals surface area contributed by atoms with Crippen LogP contribution in [0.4, 0.5) is 0 Å². The fraction of sp³-hybridized carbons (Fsp3) is 0.533. The van der Waals surface area contributed by atoms with Crippen LogP contribution < -0.4 is 0 Å². The van der Waals surface area contributed by atoms with E-state index in [0.29, 0.717) is 6.04 Å².